The Labute approximate surface area is 457 Å². The average Bonchev–Trinajstić information content (AvgIpc) is 4.09. The van der Waals surface area contributed by atoms with Crippen LogP contribution in [0.3, 0.4) is 0 Å². The summed E-state index contributed by atoms with van der Waals surface area (Å²) < 4.78 is 0. The molecule has 76 heavy (non-hydrogen) atoms. The molecule has 4 aliphatic carbocycles. The Morgan fingerprint density at radius 1 is 0.289 bits per heavy atom. The van der Waals surface area contributed by atoms with Gasteiger partial charge in [-0.1, -0.05) is 199 Å². The summed E-state index contributed by atoms with van der Waals surface area (Å²) in [5.74, 6) is 0.643. The van der Waals surface area contributed by atoms with Gasteiger partial charge in [0.15, 0.2) is 0 Å². The van der Waals surface area contributed by atoms with Gasteiger partial charge in [0.1, 0.15) is 0 Å². The second-order valence-corrected chi connectivity index (χ2v) is 25.2. The lowest BCUT2D eigenvalue weighted by molar-refractivity contribution is 0.488. The summed E-state index contributed by atoms with van der Waals surface area (Å²) in [7, 11) is 0. The van der Waals surface area contributed by atoms with Crippen molar-refractivity contribution in [1.82, 2.24) is 0 Å². The lowest BCUT2D eigenvalue weighted by Gasteiger charge is -2.32. The smallest absolute Gasteiger partial charge is 0.0210 e. The van der Waals surface area contributed by atoms with Gasteiger partial charge < -0.3 is 0 Å². The average molecular weight is 995 g/mol. The maximum Gasteiger partial charge on any atom is 0.0210 e. The minimum atomic E-state index is -0.0610. The van der Waals surface area contributed by atoms with Crippen LogP contribution in [0.2, 0.25) is 0 Å². The third-order valence-corrected chi connectivity index (χ3v) is 20.8. The Hall–Kier alpha value is -6.24. The van der Waals surface area contributed by atoms with Gasteiger partial charge in [0.05, 0.1) is 0 Å². The molecule has 0 aliphatic heterocycles. The molecule has 0 heteroatoms. The highest BCUT2D eigenvalue weighted by Gasteiger charge is 2.45. The zero-order chi connectivity index (χ0) is 53.3. The summed E-state index contributed by atoms with van der Waals surface area (Å²) in [6.45, 7) is 31.0. The first-order valence-corrected chi connectivity index (χ1v) is 29.8. The Morgan fingerprint density at radius 2 is 0.513 bits per heavy atom. The molecule has 0 radical (unpaired) electrons. The molecule has 8 aromatic carbocycles. The Kier molecular flexibility index (Phi) is 12.1. The Morgan fingerprint density at radius 3 is 0.750 bits per heavy atom. The van der Waals surface area contributed by atoms with E-state index in [1.165, 1.54) is 128 Å². The summed E-state index contributed by atoms with van der Waals surface area (Å²) in [5, 5.41) is 0. The fraction of sp³-hybridized carbons (Fsp3) is 0.368. The molecule has 0 saturated carbocycles. The third-order valence-electron chi connectivity index (χ3n) is 20.8. The molecule has 0 bridgehead atoms. The maximum atomic E-state index is 2.59. The van der Waals surface area contributed by atoms with Gasteiger partial charge in [0.2, 0.25) is 0 Å². The molecule has 0 amide bonds. The molecule has 0 spiro atoms. The Balaban J connectivity index is 0.882. The summed E-state index contributed by atoms with van der Waals surface area (Å²) in [6, 6.07) is 59.3. The molecule has 12 rings (SSSR count). The molecule has 0 N–H and O–H groups in total. The predicted octanol–water partition coefficient (Wildman–Crippen LogP) is 21.5. The van der Waals surface area contributed by atoms with Crippen LogP contribution < -0.4 is 0 Å². The van der Waals surface area contributed by atoms with E-state index in [-0.39, 0.29) is 27.1 Å². The van der Waals surface area contributed by atoms with E-state index >= 15 is 0 Å². The van der Waals surface area contributed by atoms with Crippen LogP contribution in [0.25, 0.3) is 77.9 Å². The van der Waals surface area contributed by atoms with Crippen molar-refractivity contribution in [1.29, 1.82) is 0 Å². The van der Waals surface area contributed by atoms with Crippen molar-refractivity contribution in [3.05, 3.63) is 201 Å². The molecule has 0 fully saturated rings. The number of hydrogen-bond donors (Lipinski definition) is 0. The standard InChI is InChI=1S/C76H82/c1-14-73(15-2)64-39-48(38-47(9)10)22-30-56(64)57-31-23-49(40-65(57)73)50-24-32-58-59-33-25-51(42-67(59)74(16-3,17-4)66(58)41-50)52-26-34-60-61-35-27-53(44-69(61)75(18-5,19-6)68(60)43-52)54-28-36-62-63-37-29-55(72(11,12)13)46-71(63)76(20-7,21-8)70(62)45-54/h22-37,39-47H,14-21,38H2,1-13H3. The van der Waals surface area contributed by atoms with E-state index < -0.39 is 0 Å². The minimum absolute atomic E-state index is 0.0185. The van der Waals surface area contributed by atoms with Crippen molar-refractivity contribution in [2.45, 2.75) is 175 Å². The molecule has 0 aromatic heterocycles. The summed E-state index contributed by atoms with van der Waals surface area (Å²) >= 11 is 0. The number of fused-ring (bicyclic) bond motifs is 12. The number of hydrogen-bond acceptors (Lipinski definition) is 0. The molecular weight excluding hydrogens is 913 g/mol. The van der Waals surface area contributed by atoms with Gasteiger partial charge in [-0.05, 0) is 239 Å². The highest BCUT2D eigenvalue weighted by Crippen LogP contribution is 2.59. The van der Waals surface area contributed by atoms with Crippen molar-refractivity contribution < 1.29 is 0 Å². The van der Waals surface area contributed by atoms with Crippen molar-refractivity contribution in [2.24, 2.45) is 5.92 Å². The van der Waals surface area contributed by atoms with Crippen LogP contribution in [0.4, 0.5) is 0 Å². The molecular formula is C76H82. The highest BCUT2D eigenvalue weighted by molar-refractivity contribution is 5.91. The SMILES string of the molecule is CCC1(CC)c2cc(CC(C)C)ccc2-c2ccc(-c3ccc4c(c3)C(CC)(CC)c3cc(-c5ccc6c(c5)C(CC)(CC)c5cc(-c7ccc8c(c7)C(CC)(CC)c7cc(C(C)(C)C)ccc7-8)ccc5-6)ccc3-4)cc21. The van der Waals surface area contributed by atoms with E-state index in [0.29, 0.717) is 5.92 Å². The van der Waals surface area contributed by atoms with Crippen molar-refractivity contribution in [3.63, 3.8) is 0 Å². The van der Waals surface area contributed by atoms with Gasteiger partial charge in [-0.2, -0.15) is 0 Å². The van der Waals surface area contributed by atoms with E-state index in [9.17, 15) is 0 Å². The van der Waals surface area contributed by atoms with Crippen LogP contribution in [-0.2, 0) is 33.5 Å². The minimum Gasteiger partial charge on any atom is -0.0642 e. The van der Waals surface area contributed by atoms with Crippen LogP contribution in [0.15, 0.2) is 146 Å². The van der Waals surface area contributed by atoms with Crippen LogP contribution >= 0.6 is 0 Å². The summed E-state index contributed by atoms with van der Waals surface area (Å²) in [6.07, 6.45) is 9.77. The molecule has 0 saturated heterocycles. The molecule has 8 aromatic rings. The van der Waals surface area contributed by atoms with Crippen LogP contribution in [0.1, 0.15) is 197 Å². The molecule has 386 valence electrons. The van der Waals surface area contributed by atoms with Gasteiger partial charge >= 0.3 is 0 Å². The lowest BCUT2D eigenvalue weighted by atomic mass is 9.71. The van der Waals surface area contributed by atoms with E-state index in [4.69, 9.17) is 0 Å². The van der Waals surface area contributed by atoms with Crippen molar-refractivity contribution in [2.75, 3.05) is 0 Å². The Bertz CT molecular complexity index is 3620. The second kappa shape index (κ2) is 18.2. The molecule has 0 nitrogen and oxygen atoms in total. The molecule has 0 heterocycles. The van der Waals surface area contributed by atoms with Gasteiger partial charge in [0, 0.05) is 21.7 Å². The fourth-order valence-corrected chi connectivity index (χ4v) is 16.2. The van der Waals surface area contributed by atoms with E-state index in [2.05, 4.69) is 236 Å². The highest BCUT2D eigenvalue weighted by atomic mass is 14.5. The fourth-order valence-electron chi connectivity index (χ4n) is 16.2. The van der Waals surface area contributed by atoms with Crippen molar-refractivity contribution >= 4 is 0 Å². The first-order chi connectivity index (χ1) is 36.6. The van der Waals surface area contributed by atoms with E-state index in [0.717, 1.165) is 57.8 Å². The number of benzene rings is 8. The number of rotatable bonds is 13. The van der Waals surface area contributed by atoms with Crippen LogP contribution in [0, 0.1) is 5.92 Å². The van der Waals surface area contributed by atoms with Gasteiger partial charge in [0.25, 0.3) is 0 Å². The zero-order valence-corrected chi connectivity index (χ0v) is 48.3. The van der Waals surface area contributed by atoms with Gasteiger partial charge in [-0.25, -0.2) is 0 Å². The zero-order valence-electron chi connectivity index (χ0n) is 48.3. The normalized spacial score (nSPS) is 16.2. The van der Waals surface area contributed by atoms with Crippen LogP contribution in [0.5, 0.6) is 0 Å². The van der Waals surface area contributed by atoms with Gasteiger partial charge in [-0.3, -0.25) is 0 Å². The first kappa shape index (κ1) is 50.6. The summed E-state index contributed by atoms with van der Waals surface area (Å²) in [4.78, 5) is 0. The summed E-state index contributed by atoms with van der Waals surface area (Å²) in [5.41, 5.74) is 34.3. The van der Waals surface area contributed by atoms with E-state index in [1.54, 1.807) is 5.56 Å². The van der Waals surface area contributed by atoms with E-state index in [1.807, 2.05) is 0 Å². The maximum absolute atomic E-state index is 2.59. The van der Waals surface area contributed by atoms with Crippen LogP contribution in [-0.4, -0.2) is 0 Å². The van der Waals surface area contributed by atoms with Crippen molar-refractivity contribution in [3.8, 4) is 77.9 Å². The van der Waals surface area contributed by atoms with Gasteiger partial charge in [-0.15, -0.1) is 0 Å². The quantitative estimate of drug-likeness (QED) is 0.108. The first-order valence-electron chi connectivity index (χ1n) is 29.8. The predicted molar refractivity (Wildman–Crippen MR) is 327 cm³/mol. The molecule has 4 aliphatic rings. The lowest BCUT2D eigenvalue weighted by Crippen LogP contribution is -2.24. The second-order valence-electron chi connectivity index (χ2n) is 25.2. The topological polar surface area (TPSA) is 0 Å². The molecule has 0 atom stereocenters. The monoisotopic (exact) mass is 995 g/mol. The molecule has 0 unspecified atom stereocenters. The largest absolute Gasteiger partial charge is 0.0642 e. The third kappa shape index (κ3) is 7.00.